The SMILES string of the molecule is C[C@@H]1CC(=O)O[C@H]2CC[C@@H](C2)n2c(=O)n(C)c3cnc4[nH]c(-c5cn(C)nc5F)c(c4c32)-c2ccc1cc2F. The Morgan fingerprint density at radius 1 is 1.13 bits per heavy atom. The second-order valence-electron chi connectivity index (χ2n) is 10.7. The number of carbonyl (C=O) groups is 1. The molecule has 3 aliphatic rings. The summed E-state index contributed by atoms with van der Waals surface area (Å²) >= 11 is 0. The number of imidazole rings is 1. The Kier molecular flexibility index (Phi) is 5.10. The molecule has 8 rings (SSSR count). The van der Waals surface area contributed by atoms with Gasteiger partial charge in [-0.05, 0) is 30.4 Å². The molecule has 6 heterocycles. The van der Waals surface area contributed by atoms with Crippen LogP contribution in [0, 0.1) is 11.8 Å². The molecule has 1 N–H and O–H groups in total. The van der Waals surface area contributed by atoms with Gasteiger partial charge in [0.25, 0.3) is 0 Å². The number of benzene rings is 1. The van der Waals surface area contributed by atoms with Crippen molar-refractivity contribution in [2.24, 2.45) is 14.1 Å². The van der Waals surface area contributed by atoms with Gasteiger partial charge in [0.2, 0.25) is 5.95 Å². The lowest BCUT2D eigenvalue weighted by Gasteiger charge is -2.16. The zero-order valence-electron chi connectivity index (χ0n) is 21.7. The van der Waals surface area contributed by atoms with Crippen molar-refractivity contribution in [1.82, 2.24) is 28.9 Å². The van der Waals surface area contributed by atoms with Gasteiger partial charge in [-0.15, -0.1) is 5.10 Å². The van der Waals surface area contributed by atoms with Crippen molar-refractivity contribution in [3.05, 3.63) is 58.4 Å². The molecule has 1 aromatic carbocycles. The zero-order chi connectivity index (χ0) is 27.2. The van der Waals surface area contributed by atoms with Crippen LogP contribution in [0.25, 0.3) is 44.5 Å². The number of aromatic amines is 1. The molecule has 200 valence electrons. The van der Waals surface area contributed by atoms with E-state index in [9.17, 15) is 9.59 Å². The first-order valence-electron chi connectivity index (χ1n) is 13.0. The fourth-order valence-corrected chi connectivity index (χ4v) is 6.32. The predicted octanol–water partition coefficient (Wildman–Crippen LogP) is 4.71. The van der Waals surface area contributed by atoms with Crippen LogP contribution in [0.1, 0.15) is 50.1 Å². The van der Waals surface area contributed by atoms with Crippen LogP contribution >= 0.6 is 0 Å². The summed E-state index contributed by atoms with van der Waals surface area (Å²) in [6.07, 6.45) is 4.69. The van der Waals surface area contributed by atoms with Crippen molar-refractivity contribution >= 4 is 28.0 Å². The molecule has 4 bridgehead atoms. The highest BCUT2D eigenvalue weighted by Crippen LogP contribution is 2.44. The number of rotatable bonds is 1. The smallest absolute Gasteiger partial charge is 0.329 e. The largest absolute Gasteiger partial charge is 0.462 e. The molecule has 39 heavy (non-hydrogen) atoms. The Hall–Kier alpha value is -4.28. The molecule has 0 radical (unpaired) electrons. The van der Waals surface area contributed by atoms with Crippen molar-refractivity contribution in [2.45, 2.75) is 50.7 Å². The first-order chi connectivity index (χ1) is 18.7. The Labute approximate surface area is 221 Å². The summed E-state index contributed by atoms with van der Waals surface area (Å²) in [5, 5.41) is 4.38. The van der Waals surface area contributed by atoms with E-state index in [0.717, 1.165) is 0 Å². The van der Waals surface area contributed by atoms with Gasteiger partial charge in [0.05, 0.1) is 40.3 Å². The summed E-state index contributed by atoms with van der Waals surface area (Å²) in [4.78, 5) is 34.2. The van der Waals surface area contributed by atoms with Crippen LogP contribution in [0.15, 0.2) is 35.4 Å². The third kappa shape index (κ3) is 3.48. The van der Waals surface area contributed by atoms with Gasteiger partial charge in [-0.2, -0.15) is 4.39 Å². The molecule has 1 aliphatic carbocycles. The third-order valence-corrected chi connectivity index (χ3v) is 8.25. The van der Waals surface area contributed by atoms with Crippen LogP contribution in [0.5, 0.6) is 0 Å². The Morgan fingerprint density at radius 3 is 2.69 bits per heavy atom. The quantitative estimate of drug-likeness (QED) is 0.316. The maximum atomic E-state index is 16.0. The van der Waals surface area contributed by atoms with Gasteiger partial charge in [0.1, 0.15) is 17.6 Å². The van der Waals surface area contributed by atoms with Crippen molar-refractivity contribution in [2.75, 3.05) is 0 Å². The number of hydrogen-bond donors (Lipinski definition) is 1. The van der Waals surface area contributed by atoms with Crippen molar-refractivity contribution in [1.29, 1.82) is 0 Å². The molecule has 1 fully saturated rings. The second-order valence-corrected chi connectivity index (χ2v) is 10.7. The fraction of sp³-hybridized carbons (Fsp3) is 0.357. The number of esters is 1. The number of nitrogens with one attached hydrogen (secondary N) is 1. The third-order valence-electron chi connectivity index (χ3n) is 8.25. The molecule has 0 unspecified atom stereocenters. The molecule has 2 aliphatic heterocycles. The van der Waals surface area contributed by atoms with E-state index in [1.54, 1.807) is 37.0 Å². The van der Waals surface area contributed by atoms with Crippen molar-refractivity contribution in [3.8, 4) is 22.4 Å². The van der Waals surface area contributed by atoms with E-state index in [1.165, 1.54) is 21.5 Å². The van der Waals surface area contributed by atoms with E-state index < -0.39 is 11.8 Å². The van der Waals surface area contributed by atoms with Crippen LogP contribution in [0.2, 0.25) is 0 Å². The molecule has 0 saturated heterocycles. The number of H-pyrrole nitrogens is 1. The summed E-state index contributed by atoms with van der Waals surface area (Å²) < 4.78 is 41.5. The first-order valence-corrected chi connectivity index (χ1v) is 13.0. The van der Waals surface area contributed by atoms with E-state index in [1.807, 2.05) is 6.92 Å². The maximum Gasteiger partial charge on any atom is 0.329 e. The molecule has 9 nitrogen and oxygen atoms in total. The fourth-order valence-electron chi connectivity index (χ4n) is 6.32. The van der Waals surface area contributed by atoms with Gasteiger partial charge in [0, 0.05) is 43.9 Å². The summed E-state index contributed by atoms with van der Waals surface area (Å²) in [5.41, 5.74) is 3.09. The number of aryl methyl sites for hydroxylation is 2. The molecular formula is C28H26F2N6O3. The average Bonchev–Trinajstić information content (AvgIpc) is 3.63. The van der Waals surface area contributed by atoms with Gasteiger partial charge >= 0.3 is 11.7 Å². The highest BCUT2D eigenvalue weighted by atomic mass is 19.1. The maximum absolute atomic E-state index is 16.0. The number of ether oxygens (including phenoxy) is 1. The molecule has 3 atom stereocenters. The van der Waals surface area contributed by atoms with Gasteiger partial charge in [-0.25, -0.2) is 14.2 Å². The van der Waals surface area contributed by atoms with E-state index in [0.29, 0.717) is 58.2 Å². The summed E-state index contributed by atoms with van der Waals surface area (Å²) in [5.74, 6) is -1.85. The standard InChI is InChI=1S/C28H26F2N6O3/c1-13-8-21(37)39-16-6-5-15(10-16)36-25-20(35(3)28(36)38)11-31-27-23(25)22(17-7-4-14(13)9-19(17)29)24(32-27)18-12-34(2)33-26(18)30/h4,7,9,11-13,15-16H,5-6,8,10H2,1-3H3,(H,31,32)/t13-,15+,16+/m1/s1. The molecule has 4 aromatic heterocycles. The number of pyridine rings is 1. The van der Waals surface area contributed by atoms with Crippen molar-refractivity contribution < 1.29 is 18.3 Å². The molecule has 11 heteroatoms. The van der Waals surface area contributed by atoms with Crippen LogP contribution in [0.4, 0.5) is 8.78 Å². The molecule has 0 spiro atoms. The summed E-state index contributed by atoms with van der Waals surface area (Å²) in [6.45, 7) is 1.86. The number of carbonyl (C=O) groups excluding carboxylic acids is 1. The minimum absolute atomic E-state index is 0.111. The minimum atomic E-state index is -0.710. The van der Waals surface area contributed by atoms with E-state index in [2.05, 4.69) is 15.1 Å². The normalized spacial score (nSPS) is 21.2. The van der Waals surface area contributed by atoms with Gasteiger partial charge < -0.3 is 9.72 Å². The summed E-state index contributed by atoms with van der Waals surface area (Å²) in [7, 11) is 3.28. The molecule has 5 aromatic rings. The number of aromatic nitrogens is 6. The van der Waals surface area contributed by atoms with E-state index in [-0.39, 0.29) is 47.3 Å². The van der Waals surface area contributed by atoms with Crippen molar-refractivity contribution in [3.63, 3.8) is 0 Å². The molecular weight excluding hydrogens is 506 g/mol. The Morgan fingerprint density at radius 2 is 1.95 bits per heavy atom. The lowest BCUT2D eigenvalue weighted by Crippen LogP contribution is -2.26. The van der Waals surface area contributed by atoms with E-state index >= 15 is 8.78 Å². The number of halogens is 2. The minimum Gasteiger partial charge on any atom is -0.462 e. The van der Waals surface area contributed by atoms with Crippen LogP contribution in [-0.4, -0.2) is 41.0 Å². The Balaban J connectivity index is 1.64. The van der Waals surface area contributed by atoms with Crippen LogP contribution in [-0.2, 0) is 23.6 Å². The lowest BCUT2D eigenvalue weighted by molar-refractivity contribution is -0.149. The van der Waals surface area contributed by atoms with Crippen LogP contribution in [0.3, 0.4) is 0 Å². The van der Waals surface area contributed by atoms with Gasteiger partial charge in [0.15, 0.2) is 0 Å². The second kappa shape index (κ2) is 8.36. The monoisotopic (exact) mass is 532 g/mol. The predicted molar refractivity (Wildman–Crippen MR) is 140 cm³/mol. The topological polar surface area (TPSA) is 99.7 Å². The molecule has 0 amide bonds. The molecule has 1 saturated carbocycles. The summed E-state index contributed by atoms with van der Waals surface area (Å²) in [6, 6.07) is 4.59. The van der Waals surface area contributed by atoms with Gasteiger partial charge in [-0.3, -0.25) is 18.6 Å². The number of fused-ring (bicyclic) bond motifs is 5. The number of hydrogen-bond acceptors (Lipinski definition) is 5. The average molecular weight is 533 g/mol. The van der Waals surface area contributed by atoms with E-state index in [4.69, 9.17) is 4.74 Å². The zero-order valence-corrected chi connectivity index (χ0v) is 21.7. The number of nitrogens with zero attached hydrogens (tertiary/aromatic N) is 5. The van der Waals surface area contributed by atoms with Gasteiger partial charge in [-0.1, -0.05) is 19.1 Å². The highest BCUT2D eigenvalue weighted by Gasteiger charge is 2.34. The Bertz CT molecular complexity index is 1880. The lowest BCUT2D eigenvalue weighted by atomic mass is 9.93. The highest BCUT2D eigenvalue weighted by molar-refractivity contribution is 6.14. The van der Waals surface area contributed by atoms with Crippen LogP contribution < -0.4 is 5.69 Å². The first kappa shape index (κ1) is 23.8.